The summed E-state index contributed by atoms with van der Waals surface area (Å²) < 4.78 is 5.77. The molecule has 2 rings (SSSR count). The Morgan fingerprint density at radius 3 is 2.76 bits per heavy atom. The van der Waals surface area contributed by atoms with Crippen molar-refractivity contribution < 1.29 is 4.74 Å². The van der Waals surface area contributed by atoms with E-state index in [-0.39, 0.29) is 0 Å². The summed E-state index contributed by atoms with van der Waals surface area (Å²) in [6.45, 7) is 7.85. The van der Waals surface area contributed by atoms with Gasteiger partial charge in [-0.05, 0) is 38.1 Å². The number of nitrogens with two attached hydrogens (primary N) is 1. The predicted molar refractivity (Wildman–Crippen MR) is 71.0 cm³/mol. The highest BCUT2D eigenvalue weighted by Crippen LogP contribution is 2.26. The van der Waals surface area contributed by atoms with Crippen LogP contribution in [0.4, 0.5) is 0 Å². The molecule has 2 heterocycles. The first kappa shape index (κ1) is 13.3. The van der Waals surface area contributed by atoms with Crippen molar-refractivity contribution in [3.63, 3.8) is 0 Å². The molecule has 2 saturated heterocycles. The molecule has 0 radical (unpaired) electrons. The molecule has 0 aromatic carbocycles. The lowest BCUT2D eigenvalue weighted by molar-refractivity contribution is -0.0382. The van der Waals surface area contributed by atoms with E-state index in [2.05, 4.69) is 18.7 Å². The summed E-state index contributed by atoms with van der Waals surface area (Å²) in [5.41, 5.74) is 6.18. The van der Waals surface area contributed by atoms with Crippen LogP contribution in [-0.2, 0) is 4.74 Å². The second-order valence-electron chi connectivity index (χ2n) is 5.70. The van der Waals surface area contributed by atoms with E-state index in [1.807, 2.05) is 0 Å². The van der Waals surface area contributed by atoms with Crippen LogP contribution in [0.1, 0.15) is 46.0 Å². The van der Waals surface area contributed by atoms with Gasteiger partial charge in [0.05, 0.1) is 6.10 Å². The zero-order valence-corrected chi connectivity index (χ0v) is 11.4. The predicted octanol–water partition coefficient (Wildman–Crippen LogP) is 2.00. The molecule has 0 aliphatic carbocycles. The Morgan fingerprint density at radius 2 is 2.06 bits per heavy atom. The highest BCUT2D eigenvalue weighted by molar-refractivity contribution is 4.87. The fraction of sp³-hybridized carbons (Fsp3) is 1.00. The van der Waals surface area contributed by atoms with E-state index in [9.17, 15) is 0 Å². The summed E-state index contributed by atoms with van der Waals surface area (Å²) in [4.78, 5) is 2.68. The largest absolute Gasteiger partial charge is 0.378 e. The number of likely N-dealkylation sites (tertiary alicyclic amines) is 1. The molecule has 2 N–H and O–H groups in total. The van der Waals surface area contributed by atoms with Gasteiger partial charge in [0, 0.05) is 25.2 Å². The molecule has 2 fully saturated rings. The van der Waals surface area contributed by atoms with Crippen LogP contribution < -0.4 is 5.73 Å². The standard InChI is InChI=1S/C14H28N2O/c1-3-11-10-16(7-5-14(11)15)12-6-8-17-13(4-2)9-12/h11-14H,3-10,15H2,1-2H3. The molecule has 0 spiro atoms. The first-order valence-electron chi connectivity index (χ1n) is 7.35. The van der Waals surface area contributed by atoms with Crippen LogP contribution >= 0.6 is 0 Å². The summed E-state index contributed by atoms with van der Waals surface area (Å²) in [6.07, 6.45) is 6.47. The Kier molecular flexibility index (Phi) is 4.83. The van der Waals surface area contributed by atoms with Gasteiger partial charge in [-0.25, -0.2) is 0 Å². The van der Waals surface area contributed by atoms with Crippen LogP contribution in [0, 0.1) is 5.92 Å². The topological polar surface area (TPSA) is 38.5 Å². The first-order valence-corrected chi connectivity index (χ1v) is 7.35. The van der Waals surface area contributed by atoms with Gasteiger partial charge in [0.1, 0.15) is 0 Å². The van der Waals surface area contributed by atoms with Crippen LogP contribution in [0.15, 0.2) is 0 Å². The minimum absolute atomic E-state index is 0.429. The molecule has 0 amide bonds. The fourth-order valence-electron chi connectivity index (χ4n) is 3.32. The average Bonchev–Trinajstić information content (AvgIpc) is 2.39. The zero-order valence-electron chi connectivity index (χ0n) is 11.4. The normalized spacial score (nSPS) is 40.4. The summed E-state index contributed by atoms with van der Waals surface area (Å²) in [5, 5.41) is 0. The molecule has 100 valence electrons. The third kappa shape index (κ3) is 3.21. The number of nitrogens with zero attached hydrogens (tertiary/aromatic N) is 1. The summed E-state index contributed by atoms with van der Waals surface area (Å²) >= 11 is 0. The maximum absolute atomic E-state index is 6.18. The van der Waals surface area contributed by atoms with E-state index in [1.165, 1.54) is 38.8 Å². The Morgan fingerprint density at radius 1 is 1.24 bits per heavy atom. The van der Waals surface area contributed by atoms with Gasteiger partial charge in [-0.15, -0.1) is 0 Å². The quantitative estimate of drug-likeness (QED) is 0.820. The molecule has 4 unspecified atom stereocenters. The van der Waals surface area contributed by atoms with Crippen molar-refractivity contribution in [2.75, 3.05) is 19.7 Å². The summed E-state index contributed by atoms with van der Waals surface area (Å²) in [6, 6.07) is 1.17. The highest BCUT2D eigenvalue weighted by Gasteiger charge is 2.32. The minimum Gasteiger partial charge on any atom is -0.378 e. The first-order chi connectivity index (χ1) is 8.24. The van der Waals surface area contributed by atoms with E-state index in [1.54, 1.807) is 0 Å². The van der Waals surface area contributed by atoms with Gasteiger partial charge in [0.15, 0.2) is 0 Å². The highest BCUT2D eigenvalue weighted by atomic mass is 16.5. The second kappa shape index (κ2) is 6.17. The van der Waals surface area contributed by atoms with Crippen LogP contribution in [0.25, 0.3) is 0 Å². The van der Waals surface area contributed by atoms with Gasteiger partial charge in [-0.1, -0.05) is 20.3 Å². The van der Waals surface area contributed by atoms with Crippen molar-refractivity contribution in [3.8, 4) is 0 Å². The number of piperidine rings is 1. The summed E-state index contributed by atoms with van der Waals surface area (Å²) in [7, 11) is 0. The van der Waals surface area contributed by atoms with Crippen molar-refractivity contribution in [1.82, 2.24) is 4.90 Å². The Balaban J connectivity index is 1.89. The lowest BCUT2D eigenvalue weighted by atomic mass is 9.88. The lowest BCUT2D eigenvalue weighted by Crippen LogP contribution is -2.52. The molecule has 2 aliphatic rings. The van der Waals surface area contributed by atoms with E-state index < -0.39 is 0 Å². The maximum Gasteiger partial charge on any atom is 0.0587 e. The van der Waals surface area contributed by atoms with Gasteiger partial charge in [0.2, 0.25) is 0 Å². The average molecular weight is 240 g/mol. The van der Waals surface area contributed by atoms with Crippen LogP contribution in [0.5, 0.6) is 0 Å². The van der Waals surface area contributed by atoms with Gasteiger partial charge in [-0.3, -0.25) is 4.90 Å². The number of hydrogen-bond donors (Lipinski definition) is 1. The Labute approximate surface area is 106 Å². The van der Waals surface area contributed by atoms with Crippen molar-refractivity contribution >= 4 is 0 Å². The minimum atomic E-state index is 0.429. The van der Waals surface area contributed by atoms with Gasteiger partial charge < -0.3 is 10.5 Å². The summed E-state index contributed by atoms with van der Waals surface area (Å²) in [5.74, 6) is 0.701. The lowest BCUT2D eigenvalue weighted by Gasteiger charge is -2.43. The van der Waals surface area contributed by atoms with E-state index in [0.717, 1.165) is 19.1 Å². The van der Waals surface area contributed by atoms with E-state index in [4.69, 9.17) is 10.5 Å². The van der Waals surface area contributed by atoms with Crippen LogP contribution in [0.2, 0.25) is 0 Å². The van der Waals surface area contributed by atoms with Crippen molar-refractivity contribution in [3.05, 3.63) is 0 Å². The molecule has 0 aromatic heterocycles. The third-order valence-corrected chi connectivity index (χ3v) is 4.66. The molecule has 4 atom stereocenters. The molecule has 0 bridgehead atoms. The zero-order chi connectivity index (χ0) is 12.3. The van der Waals surface area contributed by atoms with Crippen LogP contribution in [0.3, 0.4) is 0 Å². The Hall–Kier alpha value is -0.120. The Bertz CT molecular complexity index is 234. The van der Waals surface area contributed by atoms with Crippen molar-refractivity contribution in [2.24, 2.45) is 11.7 Å². The molecule has 0 aromatic rings. The van der Waals surface area contributed by atoms with E-state index >= 15 is 0 Å². The molecule has 0 saturated carbocycles. The molecule has 3 nitrogen and oxygen atoms in total. The third-order valence-electron chi connectivity index (χ3n) is 4.66. The smallest absolute Gasteiger partial charge is 0.0587 e. The van der Waals surface area contributed by atoms with Crippen LogP contribution in [-0.4, -0.2) is 42.8 Å². The monoisotopic (exact) mass is 240 g/mol. The van der Waals surface area contributed by atoms with Crippen molar-refractivity contribution in [1.29, 1.82) is 0 Å². The van der Waals surface area contributed by atoms with Gasteiger partial charge >= 0.3 is 0 Å². The van der Waals surface area contributed by atoms with Crippen molar-refractivity contribution in [2.45, 2.75) is 64.1 Å². The SMILES string of the molecule is CCC1CC(N2CCC(N)C(CC)C2)CCO1. The number of ether oxygens (including phenoxy) is 1. The number of hydrogen-bond acceptors (Lipinski definition) is 3. The fourth-order valence-corrected chi connectivity index (χ4v) is 3.32. The van der Waals surface area contributed by atoms with Gasteiger partial charge in [-0.2, -0.15) is 0 Å². The number of rotatable bonds is 3. The molecular weight excluding hydrogens is 212 g/mol. The van der Waals surface area contributed by atoms with Gasteiger partial charge in [0.25, 0.3) is 0 Å². The maximum atomic E-state index is 6.18. The molecule has 17 heavy (non-hydrogen) atoms. The second-order valence-corrected chi connectivity index (χ2v) is 5.70. The molecule has 2 aliphatic heterocycles. The van der Waals surface area contributed by atoms with E-state index in [0.29, 0.717) is 18.1 Å². The molecule has 3 heteroatoms. The molecular formula is C14H28N2O.